The van der Waals surface area contributed by atoms with Crippen LogP contribution < -0.4 is 4.74 Å². The number of halogens is 1. The molecule has 0 atom stereocenters. The molecule has 0 radical (unpaired) electrons. The van der Waals surface area contributed by atoms with Crippen LogP contribution in [0.1, 0.15) is 29.5 Å². The van der Waals surface area contributed by atoms with Gasteiger partial charge in [0.15, 0.2) is 11.5 Å². The summed E-state index contributed by atoms with van der Waals surface area (Å²) in [4.78, 5) is 0. The third-order valence-corrected chi connectivity index (χ3v) is 4.68. The van der Waals surface area contributed by atoms with Gasteiger partial charge < -0.3 is 14.9 Å². The summed E-state index contributed by atoms with van der Waals surface area (Å²) in [5.41, 5.74) is 2.01. The van der Waals surface area contributed by atoms with Gasteiger partial charge in [0, 0.05) is 22.0 Å². The Morgan fingerprint density at radius 2 is 1.88 bits per heavy atom. The summed E-state index contributed by atoms with van der Waals surface area (Å²) in [6.45, 7) is 3.84. The van der Waals surface area contributed by atoms with Crippen molar-refractivity contribution in [1.29, 1.82) is 0 Å². The Morgan fingerprint density at radius 3 is 2.35 bits per heavy atom. The smallest absolute Gasteiger partial charge is 0.164 e. The van der Waals surface area contributed by atoms with Gasteiger partial charge in [-0.3, -0.25) is 0 Å². The maximum atomic E-state index is 10.2. The fourth-order valence-corrected chi connectivity index (χ4v) is 2.54. The molecule has 17 heavy (non-hydrogen) atoms. The third-order valence-electron chi connectivity index (χ3n) is 3.49. The van der Waals surface area contributed by atoms with E-state index < -0.39 is 5.60 Å². The lowest BCUT2D eigenvalue weighted by Gasteiger charge is -2.18. The molecule has 0 spiro atoms. The van der Waals surface area contributed by atoms with Crippen LogP contribution in [0.3, 0.4) is 0 Å². The van der Waals surface area contributed by atoms with Crippen molar-refractivity contribution in [2.45, 2.75) is 38.7 Å². The highest BCUT2D eigenvalue weighted by Gasteiger charge is 2.41. The van der Waals surface area contributed by atoms with Crippen molar-refractivity contribution in [1.82, 2.24) is 0 Å². The van der Waals surface area contributed by atoms with Crippen LogP contribution in [0.4, 0.5) is 0 Å². The summed E-state index contributed by atoms with van der Waals surface area (Å²) in [5.74, 6) is 0.646. The number of benzene rings is 1. The standard InChI is InChI=1S/C13H17BrO3/c1-7-9(6-13(16)4-5-13)11(15)12(17-3)8(2)10(7)14/h15-16H,4-6H2,1-3H3. The van der Waals surface area contributed by atoms with Gasteiger partial charge in [0.1, 0.15) is 0 Å². The Kier molecular flexibility index (Phi) is 3.12. The topological polar surface area (TPSA) is 49.7 Å². The molecular weight excluding hydrogens is 284 g/mol. The second-order valence-corrected chi connectivity index (χ2v) is 5.62. The summed E-state index contributed by atoms with van der Waals surface area (Å²) in [6, 6.07) is 0. The fraction of sp³-hybridized carbons (Fsp3) is 0.538. The van der Waals surface area contributed by atoms with Crippen LogP contribution >= 0.6 is 15.9 Å². The van der Waals surface area contributed by atoms with E-state index in [1.54, 1.807) is 7.11 Å². The zero-order chi connectivity index (χ0) is 12.8. The van der Waals surface area contributed by atoms with Gasteiger partial charge >= 0.3 is 0 Å². The number of phenols is 1. The zero-order valence-corrected chi connectivity index (χ0v) is 11.9. The van der Waals surface area contributed by atoms with Crippen molar-refractivity contribution in [2.75, 3.05) is 7.11 Å². The molecule has 1 aliphatic carbocycles. The van der Waals surface area contributed by atoms with E-state index in [1.807, 2.05) is 13.8 Å². The molecule has 3 nitrogen and oxygen atoms in total. The second-order valence-electron chi connectivity index (χ2n) is 4.83. The third kappa shape index (κ3) is 2.16. The predicted molar refractivity (Wildman–Crippen MR) is 69.7 cm³/mol. The van der Waals surface area contributed by atoms with Crippen molar-refractivity contribution in [3.05, 3.63) is 21.2 Å². The molecule has 0 unspecified atom stereocenters. The molecule has 94 valence electrons. The van der Waals surface area contributed by atoms with Gasteiger partial charge in [0.05, 0.1) is 12.7 Å². The van der Waals surface area contributed by atoms with E-state index in [1.165, 1.54) is 0 Å². The number of aliphatic hydroxyl groups is 1. The normalized spacial score (nSPS) is 17.0. The molecule has 0 heterocycles. The van der Waals surface area contributed by atoms with Crippen molar-refractivity contribution in [2.24, 2.45) is 0 Å². The monoisotopic (exact) mass is 300 g/mol. The van der Waals surface area contributed by atoms with Gasteiger partial charge in [-0.05, 0) is 32.3 Å². The zero-order valence-electron chi connectivity index (χ0n) is 10.3. The number of methoxy groups -OCH3 is 1. The second kappa shape index (κ2) is 4.18. The van der Waals surface area contributed by atoms with E-state index in [9.17, 15) is 10.2 Å². The van der Waals surface area contributed by atoms with E-state index >= 15 is 0 Å². The van der Waals surface area contributed by atoms with E-state index in [-0.39, 0.29) is 5.75 Å². The molecule has 2 rings (SSSR count). The van der Waals surface area contributed by atoms with E-state index in [0.29, 0.717) is 12.2 Å². The Hall–Kier alpha value is -0.740. The van der Waals surface area contributed by atoms with E-state index in [0.717, 1.165) is 34.0 Å². The first-order chi connectivity index (χ1) is 7.89. The molecule has 0 aromatic heterocycles. The quantitative estimate of drug-likeness (QED) is 0.902. The number of aromatic hydroxyl groups is 1. The maximum Gasteiger partial charge on any atom is 0.164 e. The molecule has 0 saturated heterocycles. The molecule has 2 N–H and O–H groups in total. The lowest BCUT2D eigenvalue weighted by Crippen LogP contribution is -2.13. The van der Waals surface area contributed by atoms with Crippen molar-refractivity contribution in [3.63, 3.8) is 0 Å². The van der Waals surface area contributed by atoms with Gasteiger partial charge in [0.25, 0.3) is 0 Å². The summed E-state index contributed by atoms with van der Waals surface area (Å²) in [5, 5.41) is 20.2. The lowest BCUT2D eigenvalue weighted by molar-refractivity contribution is 0.149. The molecule has 0 aliphatic heterocycles. The molecule has 0 bridgehead atoms. The Bertz CT molecular complexity index is 464. The first kappa shape index (κ1) is 12.7. The van der Waals surface area contributed by atoms with Gasteiger partial charge in [-0.2, -0.15) is 0 Å². The molecule has 1 aromatic rings. The first-order valence-corrected chi connectivity index (χ1v) is 6.46. The highest BCUT2D eigenvalue weighted by Crippen LogP contribution is 2.46. The van der Waals surface area contributed by atoms with Gasteiger partial charge in [-0.1, -0.05) is 15.9 Å². The van der Waals surface area contributed by atoms with Crippen LogP contribution in [-0.2, 0) is 6.42 Å². The summed E-state index contributed by atoms with van der Waals surface area (Å²) in [6.07, 6.45) is 2.10. The molecule has 1 aromatic carbocycles. The first-order valence-electron chi connectivity index (χ1n) is 5.66. The number of hydrogen-bond donors (Lipinski definition) is 2. The molecule has 0 amide bonds. The number of rotatable bonds is 3. The SMILES string of the molecule is COc1c(C)c(Br)c(C)c(CC2(O)CC2)c1O. The average Bonchev–Trinajstić information content (AvgIpc) is 3.01. The van der Waals surface area contributed by atoms with Crippen LogP contribution in [0.5, 0.6) is 11.5 Å². The molecule has 1 saturated carbocycles. The maximum absolute atomic E-state index is 10.2. The van der Waals surface area contributed by atoms with E-state index in [2.05, 4.69) is 15.9 Å². The summed E-state index contributed by atoms with van der Waals surface area (Å²) < 4.78 is 6.16. The molecule has 1 fully saturated rings. The van der Waals surface area contributed by atoms with Crippen LogP contribution in [0.2, 0.25) is 0 Å². The Labute approximate surface area is 110 Å². The Morgan fingerprint density at radius 1 is 1.29 bits per heavy atom. The largest absolute Gasteiger partial charge is 0.504 e. The van der Waals surface area contributed by atoms with Crippen molar-refractivity contribution in [3.8, 4) is 11.5 Å². The molecular formula is C13H17BrO3. The van der Waals surface area contributed by atoms with Crippen LogP contribution in [0.15, 0.2) is 4.47 Å². The highest BCUT2D eigenvalue weighted by atomic mass is 79.9. The van der Waals surface area contributed by atoms with E-state index in [4.69, 9.17) is 4.74 Å². The number of phenolic OH excluding ortho intramolecular Hbond substituents is 1. The minimum Gasteiger partial charge on any atom is -0.504 e. The fourth-order valence-electron chi connectivity index (χ4n) is 2.12. The minimum absolute atomic E-state index is 0.158. The average molecular weight is 301 g/mol. The van der Waals surface area contributed by atoms with Crippen LogP contribution in [0.25, 0.3) is 0 Å². The highest BCUT2D eigenvalue weighted by molar-refractivity contribution is 9.10. The minimum atomic E-state index is -0.623. The Balaban J connectivity index is 2.53. The number of hydrogen-bond acceptors (Lipinski definition) is 3. The summed E-state index contributed by atoms with van der Waals surface area (Å²) in [7, 11) is 1.54. The van der Waals surface area contributed by atoms with Gasteiger partial charge in [-0.15, -0.1) is 0 Å². The van der Waals surface area contributed by atoms with Crippen LogP contribution in [0, 0.1) is 13.8 Å². The molecule has 4 heteroatoms. The summed E-state index contributed by atoms with van der Waals surface area (Å²) >= 11 is 3.51. The van der Waals surface area contributed by atoms with Gasteiger partial charge in [0.2, 0.25) is 0 Å². The van der Waals surface area contributed by atoms with Crippen LogP contribution in [-0.4, -0.2) is 22.9 Å². The predicted octanol–water partition coefficient (Wildman–Crippen LogP) is 2.85. The van der Waals surface area contributed by atoms with Gasteiger partial charge in [-0.25, -0.2) is 0 Å². The van der Waals surface area contributed by atoms with Crippen molar-refractivity contribution >= 4 is 15.9 Å². The number of ether oxygens (including phenoxy) is 1. The molecule has 1 aliphatic rings. The lowest BCUT2D eigenvalue weighted by atomic mass is 9.97. The van der Waals surface area contributed by atoms with Crippen molar-refractivity contribution < 1.29 is 14.9 Å².